The summed E-state index contributed by atoms with van der Waals surface area (Å²) in [4.78, 5) is 13.8. The first-order chi connectivity index (χ1) is 10.1. The molecule has 0 radical (unpaired) electrons. The third-order valence-corrected chi connectivity index (χ3v) is 3.17. The second-order valence-electron chi connectivity index (χ2n) is 5.76. The van der Waals surface area contributed by atoms with Crippen LogP contribution in [0.4, 0.5) is 5.82 Å². The van der Waals surface area contributed by atoms with E-state index in [-0.39, 0.29) is 0 Å². The van der Waals surface area contributed by atoms with Crippen molar-refractivity contribution in [2.75, 3.05) is 11.9 Å². The Balaban J connectivity index is 2.41. The Hall–Kier alpha value is -1.97. The molecule has 2 aromatic rings. The largest absolute Gasteiger partial charge is 0.370 e. The van der Waals surface area contributed by atoms with Gasteiger partial charge in [0.05, 0.1) is 0 Å². The summed E-state index contributed by atoms with van der Waals surface area (Å²) in [5, 5.41) is 3.36. The van der Waals surface area contributed by atoms with Gasteiger partial charge in [-0.1, -0.05) is 26.8 Å². The summed E-state index contributed by atoms with van der Waals surface area (Å²) in [6.45, 7) is 9.51. The summed E-state index contributed by atoms with van der Waals surface area (Å²) in [5.74, 6) is 2.17. The number of hydrogen-bond acceptors (Lipinski definition) is 4. The van der Waals surface area contributed by atoms with Crippen molar-refractivity contribution in [3.8, 4) is 11.5 Å². The molecule has 0 spiro atoms. The molecule has 2 rings (SSSR count). The molecule has 4 nitrogen and oxygen atoms in total. The van der Waals surface area contributed by atoms with E-state index in [1.54, 1.807) is 6.20 Å². The van der Waals surface area contributed by atoms with Crippen LogP contribution in [0, 0.1) is 12.8 Å². The lowest BCUT2D eigenvalue weighted by Gasteiger charge is -2.11. The third-order valence-electron chi connectivity index (χ3n) is 3.17. The number of nitrogens with zero attached hydrogens (tertiary/aromatic N) is 3. The average molecular weight is 284 g/mol. The number of pyridine rings is 1. The van der Waals surface area contributed by atoms with Crippen LogP contribution < -0.4 is 5.32 Å². The lowest BCUT2D eigenvalue weighted by Crippen LogP contribution is -2.08. The lowest BCUT2D eigenvalue weighted by atomic mass is 10.1. The van der Waals surface area contributed by atoms with Gasteiger partial charge in [-0.2, -0.15) is 0 Å². The minimum atomic E-state index is 0.566. The van der Waals surface area contributed by atoms with Gasteiger partial charge in [0, 0.05) is 24.5 Å². The highest BCUT2D eigenvalue weighted by Crippen LogP contribution is 2.20. The Morgan fingerprint density at radius 1 is 1.24 bits per heavy atom. The van der Waals surface area contributed by atoms with Gasteiger partial charge in [-0.25, -0.2) is 9.97 Å². The van der Waals surface area contributed by atoms with Crippen molar-refractivity contribution in [2.45, 2.75) is 40.5 Å². The Morgan fingerprint density at radius 2 is 2.05 bits per heavy atom. The van der Waals surface area contributed by atoms with Crippen LogP contribution in [0.15, 0.2) is 24.4 Å². The normalized spacial score (nSPS) is 10.9. The zero-order valence-electron chi connectivity index (χ0n) is 13.3. The van der Waals surface area contributed by atoms with Gasteiger partial charge in [-0.15, -0.1) is 0 Å². The van der Waals surface area contributed by atoms with E-state index in [4.69, 9.17) is 4.98 Å². The van der Waals surface area contributed by atoms with Crippen molar-refractivity contribution >= 4 is 5.82 Å². The van der Waals surface area contributed by atoms with Gasteiger partial charge in [0.2, 0.25) is 0 Å². The fourth-order valence-corrected chi connectivity index (χ4v) is 2.19. The van der Waals surface area contributed by atoms with Crippen molar-refractivity contribution in [2.24, 2.45) is 5.92 Å². The van der Waals surface area contributed by atoms with Crippen LogP contribution in [-0.4, -0.2) is 21.5 Å². The molecular formula is C17H24N4. The van der Waals surface area contributed by atoms with Crippen LogP contribution in [0.1, 0.15) is 38.4 Å². The second-order valence-corrected chi connectivity index (χ2v) is 5.76. The summed E-state index contributed by atoms with van der Waals surface area (Å²) in [6, 6.07) is 6.03. The SMILES string of the molecule is CCCNc1cc(CC(C)C)nc(-c2ncccc2C)n1. The molecule has 0 saturated heterocycles. The molecule has 2 aromatic heterocycles. The van der Waals surface area contributed by atoms with Gasteiger partial charge in [-0.05, 0) is 37.3 Å². The van der Waals surface area contributed by atoms with E-state index in [2.05, 4.69) is 42.1 Å². The third kappa shape index (κ3) is 4.25. The number of rotatable bonds is 6. The van der Waals surface area contributed by atoms with E-state index in [0.29, 0.717) is 11.7 Å². The van der Waals surface area contributed by atoms with Crippen molar-refractivity contribution in [1.82, 2.24) is 15.0 Å². The maximum absolute atomic E-state index is 4.70. The molecule has 0 aliphatic carbocycles. The Labute approximate surface area is 127 Å². The maximum atomic E-state index is 4.70. The smallest absolute Gasteiger partial charge is 0.180 e. The van der Waals surface area contributed by atoms with Crippen LogP contribution in [0.5, 0.6) is 0 Å². The molecule has 2 heterocycles. The molecule has 4 heteroatoms. The fraction of sp³-hybridized carbons (Fsp3) is 0.471. The summed E-state index contributed by atoms with van der Waals surface area (Å²) in [6.07, 6.45) is 3.81. The lowest BCUT2D eigenvalue weighted by molar-refractivity contribution is 0.634. The van der Waals surface area contributed by atoms with E-state index in [1.807, 2.05) is 19.1 Å². The molecule has 0 saturated carbocycles. The number of hydrogen-bond donors (Lipinski definition) is 1. The van der Waals surface area contributed by atoms with Crippen molar-refractivity contribution in [1.29, 1.82) is 0 Å². The van der Waals surface area contributed by atoms with Crippen LogP contribution in [0.25, 0.3) is 11.5 Å². The first kappa shape index (κ1) is 15.4. The average Bonchev–Trinajstić information content (AvgIpc) is 2.44. The fourth-order valence-electron chi connectivity index (χ4n) is 2.19. The van der Waals surface area contributed by atoms with Gasteiger partial charge in [0.1, 0.15) is 11.5 Å². The summed E-state index contributed by atoms with van der Waals surface area (Å²) in [5.41, 5.74) is 3.03. The zero-order chi connectivity index (χ0) is 15.2. The predicted molar refractivity (Wildman–Crippen MR) is 87.3 cm³/mol. The monoisotopic (exact) mass is 284 g/mol. The van der Waals surface area contributed by atoms with Crippen LogP contribution >= 0.6 is 0 Å². The van der Waals surface area contributed by atoms with Gasteiger partial charge in [0.15, 0.2) is 5.82 Å². The quantitative estimate of drug-likeness (QED) is 0.875. The highest BCUT2D eigenvalue weighted by Gasteiger charge is 2.11. The van der Waals surface area contributed by atoms with Gasteiger partial charge < -0.3 is 5.32 Å². The van der Waals surface area contributed by atoms with Crippen molar-refractivity contribution < 1.29 is 0 Å². The van der Waals surface area contributed by atoms with E-state index < -0.39 is 0 Å². The first-order valence-electron chi connectivity index (χ1n) is 7.64. The highest BCUT2D eigenvalue weighted by atomic mass is 15.0. The molecule has 0 aliphatic rings. The number of aryl methyl sites for hydroxylation is 1. The van der Waals surface area contributed by atoms with Gasteiger partial charge >= 0.3 is 0 Å². The molecule has 0 atom stereocenters. The van der Waals surface area contributed by atoms with E-state index in [1.165, 1.54) is 0 Å². The maximum Gasteiger partial charge on any atom is 0.180 e. The molecule has 21 heavy (non-hydrogen) atoms. The standard InChI is InChI=1S/C17H24N4/c1-5-8-18-15-11-14(10-12(2)3)20-17(21-15)16-13(4)7-6-9-19-16/h6-7,9,11-12H,5,8,10H2,1-4H3,(H,18,20,21). The molecule has 0 unspecified atom stereocenters. The van der Waals surface area contributed by atoms with Crippen molar-refractivity contribution in [3.05, 3.63) is 35.7 Å². The Morgan fingerprint density at radius 3 is 2.71 bits per heavy atom. The molecule has 1 N–H and O–H groups in total. The summed E-state index contributed by atoms with van der Waals surface area (Å²) < 4.78 is 0. The molecule has 0 aliphatic heterocycles. The number of nitrogens with one attached hydrogen (secondary N) is 1. The molecule has 0 aromatic carbocycles. The molecular weight excluding hydrogens is 260 g/mol. The van der Waals surface area contributed by atoms with Crippen LogP contribution in [0.3, 0.4) is 0 Å². The van der Waals surface area contributed by atoms with Gasteiger partial charge in [0.25, 0.3) is 0 Å². The number of anilines is 1. The second kappa shape index (κ2) is 7.16. The minimum absolute atomic E-state index is 0.566. The van der Waals surface area contributed by atoms with Crippen LogP contribution in [0.2, 0.25) is 0 Å². The Bertz CT molecular complexity index is 593. The highest BCUT2D eigenvalue weighted by molar-refractivity contribution is 5.57. The number of aromatic nitrogens is 3. The molecule has 0 fully saturated rings. The van der Waals surface area contributed by atoms with Crippen LogP contribution in [-0.2, 0) is 6.42 Å². The Kier molecular flexibility index (Phi) is 5.26. The zero-order valence-corrected chi connectivity index (χ0v) is 13.3. The topological polar surface area (TPSA) is 50.7 Å². The predicted octanol–water partition coefficient (Wildman–Crippen LogP) is 3.87. The summed E-state index contributed by atoms with van der Waals surface area (Å²) in [7, 11) is 0. The first-order valence-corrected chi connectivity index (χ1v) is 7.64. The molecule has 0 amide bonds. The molecule has 112 valence electrons. The van der Waals surface area contributed by atoms with E-state index in [0.717, 1.165) is 42.2 Å². The van der Waals surface area contributed by atoms with E-state index >= 15 is 0 Å². The van der Waals surface area contributed by atoms with Gasteiger partial charge in [-0.3, -0.25) is 4.98 Å². The molecule has 0 bridgehead atoms. The van der Waals surface area contributed by atoms with Crippen molar-refractivity contribution in [3.63, 3.8) is 0 Å². The van der Waals surface area contributed by atoms with E-state index in [9.17, 15) is 0 Å². The summed E-state index contributed by atoms with van der Waals surface area (Å²) >= 11 is 0. The minimum Gasteiger partial charge on any atom is -0.370 e.